The van der Waals surface area contributed by atoms with E-state index in [1.165, 1.54) is 38.5 Å². The lowest BCUT2D eigenvalue weighted by molar-refractivity contribution is 0.263. The predicted molar refractivity (Wildman–Crippen MR) is 85.8 cm³/mol. The van der Waals surface area contributed by atoms with Crippen LogP contribution in [-0.2, 0) is 0 Å². The summed E-state index contributed by atoms with van der Waals surface area (Å²) in [6.07, 6.45) is 13.6. The first-order valence-corrected chi connectivity index (χ1v) is 8.01. The first-order valence-electron chi connectivity index (χ1n) is 8.01. The molecule has 0 bridgehead atoms. The number of aromatic nitrogens is 3. The highest BCUT2D eigenvalue weighted by atomic mass is 15.1. The van der Waals surface area contributed by atoms with Gasteiger partial charge in [0.2, 0.25) is 0 Å². The average molecular weight is 284 g/mol. The lowest BCUT2D eigenvalue weighted by Crippen LogP contribution is -2.18. The van der Waals surface area contributed by atoms with Crippen molar-refractivity contribution in [1.82, 2.24) is 14.5 Å². The van der Waals surface area contributed by atoms with Crippen LogP contribution < -0.4 is 5.73 Å². The van der Waals surface area contributed by atoms with Gasteiger partial charge in [0.15, 0.2) is 0 Å². The SMILES string of the molecule is CCCC1CCC(n2cncc2-c2ccc(N)nc2)CC1. The molecular weight excluding hydrogens is 260 g/mol. The van der Waals surface area contributed by atoms with E-state index in [2.05, 4.69) is 21.5 Å². The Morgan fingerprint density at radius 1 is 1.19 bits per heavy atom. The third kappa shape index (κ3) is 3.09. The number of imidazole rings is 1. The quantitative estimate of drug-likeness (QED) is 0.921. The first-order chi connectivity index (χ1) is 10.3. The molecule has 2 aromatic heterocycles. The van der Waals surface area contributed by atoms with E-state index in [-0.39, 0.29) is 0 Å². The van der Waals surface area contributed by atoms with Crippen LogP contribution in [0, 0.1) is 5.92 Å². The van der Waals surface area contributed by atoms with Crippen molar-refractivity contribution in [3.63, 3.8) is 0 Å². The highest BCUT2D eigenvalue weighted by molar-refractivity contribution is 5.59. The molecule has 2 N–H and O–H groups in total. The number of pyridine rings is 1. The number of hydrogen-bond donors (Lipinski definition) is 1. The molecule has 0 spiro atoms. The third-order valence-corrected chi connectivity index (χ3v) is 4.65. The molecule has 112 valence electrons. The zero-order valence-corrected chi connectivity index (χ0v) is 12.7. The zero-order valence-electron chi connectivity index (χ0n) is 12.7. The van der Waals surface area contributed by atoms with Crippen LogP contribution in [0.3, 0.4) is 0 Å². The fraction of sp³-hybridized carbons (Fsp3) is 0.529. The second kappa shape index (κ2) is 6.29. The van der Waals surface area contributed by atoms with Crippen molar-refractivity contribution in [2.24, 2.45) is 5.92 Å². The first kappa shape index (κ1) is 14.1. The molecule has 0 aliphatic heterocycles. The molecule has 21 heavy (non-hydrogen) atoms. The predicted octanol–water partition coefficient (Wildman–Crippen LogP) is 4.06. The van der Waals surface area contributed by atoms with Gasteiger partial charge in [-0.3, -0.25) is 0 Å². The molecule has 4 nitrogen and oxygen atoms in total. The van der Waals surface area contributed by atoms with Crippen molar-refractivity contribution in [3.05, 3.63) is 30.9 Å². The highest BCUT2D eigenvalue weighted by Gasteiger charge is 2.23. The fourth-order valence-electron chi connectivity index (χ4n) is 3.50. The average Bonchev–Trinajstić information content (AvgIpc) is 2.99. The van der Waals surface area contributed by atoms with Crippen molar-refractivity contribution < 1.29 is 0 Å². The topological polar surface area (TPSA) is 56.7 Å². The van der Waals surface area contributed by atoms with Gasteiger partial charge in [-0.25, -0.2) is 9.97 Å². The van der Waals surface area contributed by atoms with Crippen LogP contribution >= 0.6 is 0 Å². The Morgan fingerprint density at radius 3 is 2.67 bits per heavy atom. The molecule has 0 atom stereocenters. The standard InChI is InChI=1S/C17H24N4/c1-2-3-13-4-7-15(8-5-13)21-12-19-11-16(21)14-6-9-17(18)20-10-14/h6,9-13,15H,2-5,7-8H2,1H3,(H2,18,20). The Bertz CT molecular complexity index is 565. The van der Waals surface area contributed by atoms with Crippen LogP contribution in [0.15, 0.2) is 30.9 Å². The molecule has 1 saturated carbocycles. The molecule has 0 radical (unpaired) electrons. The second-order valence-corrected chi connectivity index (χ2v) is 6.12. The van der Waals surface area contributed by atoms with E-state index in [0.717, 1.165) is 17.2 Å². The molecular formula is C17H24N4. The summed E-state index contributed by atoms with van der Waals surface area (Å²) in [4.78, 5) is 8.55. The van der Waals surface area contributed by atoms with Gasteiger partial charge in [-0.1, -0.05) is 19.8 Å². The van der Waals surface area contributed by atoms with E-state index >= 15 is 0 Å². The Balaban J connectivity index is 1.76. The van der Waals surface area contributed by atoms with Crippen LogP contribution in [0.1, 0.15) is 51.5 Å². The van der Waals surface area contributed by atoms with Crippen molar-refractivity contribution in [1.29, 1.82) is 0 Å². The third-order valence-electron chi connectivity index (χ3n) is 4.65. The van der Waals surface area contributed by atoms with Crippen LogP contribution in [0.4, 0.5) is 5.82 Å². The summed E-state index contributed by atoms with van der Waals surface area (Å²) in [5.74, 6) is 1.49. The molecule has 0 saturated heterocycles. The molecule has 2 heterocycles. The minimum atomic E-state index is 0.560. The minimum Gasteiger partial charge on any atom is -0.384 e. The number of nitrogen functional groups attached to an aromatic ring is 1. The lowest BCUT2D eigenvalue weighted by Gasteiger charge is -2.30. The van der Waals surface area contributed by atoms with Gasteiger partial charge in [0.1, 0.15) is 5.82 Å². The summed E-state index contributed by atoms with van der Waals surface area (Å²) in [5, 5.41) is 0. The molecule has 1 fully saturated rings. The van der Waals surface area contributed by atoms with Crippen LogP contribution in [-0.4, -0.2) is 14.5 Å². The van der Waals surface area contributed by atoms with Crippen LogP contribution in [0.25, 0.3) is 11.3 Å². The summed E-state index contributed by atoms with van der Waals surface area (Å²) in [6.45, 7) is 2.29. The maximum atomic E-state index is 5.67. The van der Waals surface area contributed by atoms with Gasteiger partial charge in [-0.05, 0) is 43.7 Å². The van der Waals surface area contributed by atoms with E-state index in [0.29, 0.717) is 11.9 Å². The second-order valence-electron chi connectivity index (χ2n) is 6.12. The molecule has 0 amide bonds. The molecule has 1 aliphatic rings. The van der Waals surface area contributed by atoms with E-state index in [1.54, 1.807) is 0 Å². The summed E-state index contributed by atoms with van der Waals surface area (Å²) < 4.78 is 2.33. The normalized spacial score (nSPS) is 22.3. The van der Waals surface area contributed by atoms with Gasteiger partial charge in [0.05, 0.1) is 18.2 Å². The van der Waals surface area contributed by atoms with E-state index in [1.807, 2.05) is 30.9 Å². The summed E-state index contributed by atoms with van der Waals surface area (Å²) >= 11 is 0. The van der Waals surface area contributed by atoms with Gasteiger partial charge in [-0.2, -0.15) is 0 Å². The van der Waals surface area contributed by atoms with Crippen molar-refractivity contribution >= 4 is 5.82 Å². The number of hydrogen-bond acceptors (Lipinski definition) is 3. The molecule has 0 aromatic carbocycles. The lowest BCUT2D eigenvalue weighted by atomic mass is 9.83. The van der Waals surface area contributed by atoms with E-state index < -0.39 is 0 Å². The minimum absolute atomic E-state index is 0.560. The maximum absolute atomic E-state index is 5.67. The Hall–Kier alpha value is -1.84. The number of nitrogens with zero attached hydrogens (tertiary/aromatic N) is 3. The van der Waals surface area contributed by atoms with Crippen LogP contribution in [0.2, 0.25) is 0 Å². The zero-order chi connectivity index (χ0) is 14.7. The Morgan fingerprint density at radius 2 is 2.00 bits per heavy atom. The van der Waals surface area contributed by atoms with Gasteiger partial charge in [-0.15, -0.1) is 0 Å². The van der Waals surface area contributed by atoms with E-state index in [4.69, 9.17) is 5.73 Å². The number of rotatable bonds is 4. The fourth-order valence-corrected chi connectivity index (χ4v) is 3.50. The van der Waals surface area contributed by atoms with Gasteiger partial charge in [0.25, 0.3) is 0 Å². The van der Waals surface area contributed by atoms with E-state index in [9.17, 15) is 0 Å². The van der Waals surface area contributed by atoms with Gasteiger partial charge < -0.3 is 10.3 Å². The molecule has 4 heteroatoms. The number of nitrogens with two attached hydrogens (primary N) is 1. The van der Waals surface area contributed by atoms with Crippen molar-refractivity contribution in [3.8, 4) is 11.3 Å². The molecule has 0 unspecified atom stereocenters. The molecule has 1 aliphatic carbocycles. The highest BCUT2D eigenvalue weighted by Crippen LogP contribution is 2.36. The summed E-state index contributed by atoms with van der Waals surface area (Å²) in [6, 6.07) is 4.46. The smallest absolute Gasteiger partial charge is 0.123 e. The summed E-state index contributed by atoms with van der Waals surface area (Å²) in [7, 11) is 0. The molecule has 2 aromatic rings. The van der Waals surface area contributed by atoms with Crippen LogP contribution in [0.5, 0.6) is 0 Å². The van der Waals surface area contributed by atoms with Crippen molar-refractivity contribution in [2.45, 2.75) is 51.5 Å². The largest absolute Gasteiger partial charge is 0.384 e. The number of anilines is 1. The maximum Gasteiger partial charge on any atom is 0.123 e. The van der Waals surface area contributed by atoms with Crippen molar-refractivity contribution in [2.75, 3.05) is 5.73 Å². The Kier molecular flexibility index (Phi) is 4.23. The van der Waals surface area contributed by atoms with Gasteiger partial charge >= 0.3 is 0 Å². The van der Waals surface area contributed by atoms with Gasteiger partial charge in [0, 0.05) is 17.8 Å². The monoisotopic (exact) mass is 284 g/mol. The molecule has 3 rings (SSSR count). The Labute approximate surface area is 126 Å². The summed E-state index contributed by atoms with van der Waals surface area (Å²) in [5.41, 5.74) is 7.92.